The normalized spacial score (nSPS) is 13.9. The summed E-state index contributed by atoms with van der Waals surface area (Å²) >= 11 is 0. The molecule has 2 aliphatic rings. The van der Waals surface area contributed by atoms with Gasteiger partial charge in [0.05, 0.1) is 22.8 Å². The lowest BCUT2D eigenvalue weighted by atomic mass is 10.0. The van der Waals surface area contributed by atoms with Gasteiger partial charge in [0.2, 0.25) is 0 Å². The monoisotopic (exact) mass is 422 g/mol. The van der Waals surface area contributed by atoms with Crippen molar-refractivity contribution in [3.05, 3.63) is 70.3 Å². The number of rotatable bonds is 2. The zero-order valence-corrected chi connectivity index (χ0v) is 19.8. The van der Waals surface area contributed by atoms with Crippen LogP contribution in [0.4, 0.5) is 0 Å². The molecule has 5 heterocycles. The third-order valence-corrected chi connectivity index (χ3v) is 6.78. The van der Waals surface area contributed by atoms with Crippen LogP contribution in [0.15, 0.2) is 36.4 Å². The SMILES string of the molecule is CCC1=C(C)c2cc3nc(cc4[nH]c(cc4C)cc4cc(C)c(cc1n2)[nH]4)C(CC)=C3C. The molecule has 4 nitrogen and oxygen atoms in total. The standard InChI is InChI=1S/C28H30N4/c1-7-21-17(5)25-14-26-18(6)22(8-2)28(32-26)13-24-16(4)10-20(30-24)11-19-9-15(3)23(29-19)12-27(21)31-25/h9-14,29-30H,7-8H2,1-6H3. The molecule has 0 aliphatic carbocycles. The molecule has 0 fully saturated rings. The molecule has 0 spiro atoms. The summed E-state index contributed by atoms with van der Waals surface area (Å²) in [5.41, 5.74) is 16.0. The molecule has 0 saturated heterocycles. The van der Waals surface area contributed by atoms with E-state index in [1.54, 1.807) is 0 Å². The second kappa shape index (κ2) is 7.63. The predicted octanol–water partition coefficient (Wildman–Crippen LogP) is 7.61. The van der Waals surface area contributed by atoms with Crippen molar-refractivity contribution in [3.63, 3.8) is 0 Å². The first-order valence-corrected chi connectivity index (χ1v) is 11.5. The van der Waals surface area contributed by atoms with Gasteiger partial charge >= 0.3 is 0 Å². The van der Waals surface area contributed by atoms with Gasteiger partial charge < -0.3 is 9.97 Å². The molecule has 5 rings (SSSR count). The van der Waals surface area contributed by atoms with Gasteiger partial charge in [0.25, 0.3) is 0 Å². The maximum Gasteiger partial charge on any atom is 0.0693 e. The third kappa shape index (κ3) is 3.31. The van der Waals surface area contributed by atoms with E-state index >= 15 is 0 Å². The van der Waals surface area contributed by atoms with Gasteiger partial charge in [0.15, 0.2) is 0 Å². The Morgan fingerprint density at radius 1 is 0.562 bits per heavy atom. The van der Waals surface area contributed by atoms with E-state index < -0.39 is 0 Å². The van der Waals surface area contributed by atoms with Crippen molar-refractivity contribution >= 4 is 44.4 Å². The summed E-state index contributed by atoms with van der Waals surface area (Å²) in [6.07, 6.45) is 1.91. The molecule has 2 N–H and O–H groups in total. The Hall–Kier alpha value is -3.40. The van der Waals surface area contributed by atoms with E-state index in [-0.39, 0.29) is 0 Å². The molecule has 3 aromatic rings. The molecule has 32 heavy (non-hydrogen) atoms. The number of nitrogens with zero attached hydrogens (tertiary/aromatic N) is 2. The number of H-pyrrole nitrogens is 2. The van der Waals surface area contributed by atoms with E-state index in [0.717, 1.165) is 57.7 Å². The van der Waals surface area contributed by atoms with E-state index in [1.807, 2.05) is 0 Å². The summed E-state index contributed by atoms with van der Waals surface area (Å²) in [5.74, 6) is 0. The number of aromatic nitrogens is 4. The van der Waals surface area contributed by atoms with Gasteiger partial charge in [-0.25, -0.2) is 9.97 Å². The van der Waals surface area contributed by atoms with E-state index in [4.69, 9.17) is 9.97 Å². The van der Waals surface area contributed by atoms with E-state index in [2.05, 4.69) is 87.9 Å². The molecule has 2 aliphatic heterocycles. The third-order valence-electron chi connectivity index (χ3n) is 6.78. The van der Waals surface area contributed by atoms with Gasteiger partial charge in [0.1, 0.15) is 0 Å². The molecule has 4 heteroatoms. The highest BCUT2D eigenvalue weighted by Gasteiger charge is 2.19. The first kappa shape index (κ1) is 20.5. The highest BCUT2D eigenvalue weighted by molar-refractivity contribution is 5.95. The van der Waals surface area contributed by atoms with Crippen molar-refractivity contribution in [2.75, 3.05) is 0 Å². The minimum absolute atomic E-state index is 0.953. The van der Waals surface area contributed by atoms with Crippen LogP contribution in [-0.4, -0.2) is 19.9 Å². The summed E-state index contributed by atoms with van der Waals surface area (Å²) in [7, 11) is 0. The van der Waals surface area contributed by atoms with Crippen LogP contribution in [0.25, 0.3) is 44.4 Å². The average molecular weight is 423 g/mol. The topological polar surface area (TPSA) is 57.4 Å². The number of hydrogen-bond donors (Lipinski definition) is 2. The molecular weight excluding hydrogens is 392 g/mol. The maximum absolute atomic E-state index is 5.04. The largest absolute Gasteiger partial charge is 0.355 e. The molecule has 0 unspecified atom stereocenters. The van der Waals surface area contributed by atoms with Gasteiger partial charge in [-0.1, -0.05) is 13.8 Å². The lowest BCUT2D eigenvalue weighted by molar-refractivity contribution is 1.20. The molecule has 0 radical (unpaired) electrons. The second-order valence-electron chi connectivity index (χ2n) is 8.90. The van der Waals surface area contributed by atoms with E-state index in [1.165, 1.54) is 33.4 Å². The Bertz CT molecular complexity index is 1370. The Labute approximate surface area is 189 Å². The van der Waals surface area contributed by atoms with Crippen molar-refractivity contribution in [3.8, 4) is 0 Å². The Morgan fingerprint density at radius 3 is 1.41 bits per heavy atom. The van der Waals surface area contributed by atoms with Gasteiger partial charge in [-0.2, -0.15) is 0 Å². The molecule has 0 atom stereocenters. The molecular formula is C28H30N4. The minimum atomic E-state index is 0.953. The van der Waals surface area contributed by atoms with Crippen LogP contribution in [0.2, 0.25) is 0 Å². The van der Waals surface area contributed by atoms with Crippen molar-refractivity contribution < 1.29 is 0 Å². The first-order chi connectivity index (χ1) is 15.4. The first-order valence-electron chi connectivity index (χ1n) is 11.5. The molecule has 0 saturated carbocycles. The van der Waals surface area contributed by atoms with Crippen molar-refractivity contribution in [2.24, 2.45) is 0 Å². The number of fused-ring (bicyclic) bond motifs is 8. The van der Waals surface area contributed by atoms with E-state index in [9.17, 15) is 0 Å². The zero-order valence-electron chi connectivity index (χ0n) is 19.8. The molecule has 0 amide bonds. The van der Waals surface area contributed by atoms with Gasteiger partial charge in [0, 0.05) is 22.1 Å². The summed E-state index contributed by atoms with van der Waals surface area (Å²) < 4.78 is 0. The second-order valence-corrected chi connectivity index (χ2v) is 8.90. The Morgan fingerprint density at radius 2 is 1.00 bits per heavy atom. The van der Waals surface area contributed by atoms with Gasteiger partial charge in [-0.05, 0) is 110 Å². The number of aromatic amines is 2. The fourth-order valence-electron chi connectivity index (χ4n) is 4.90. The average Bonchev–Trinajstić information content (AvgIpc) is 3.44. The van der Waals surface area contributed by atoms with Gasteiger partial charge in [-0.15, -0.1) is 0 Å². The maximum atomic E-state index is 5.04. The number of allylic oxidation sites excluding steroid dienone is 4. The van der Waals surface area contributed by atoms with Crippen molar-refractivity contribution in [1.82, 2.24) is 19.9 Å². The molecule has 3 aromatic heterocycles. The molecule has 162 valence electrons. The van der Waals surface area contributed by atoms with Crippen LogP contribution in [0, 0.1) is 13.8 Å². The van der Waals surface area contributed by atoms with E-state index in [0.29, 0.717) is 0 Å². The Kier molecular flexibility index (Phi) is 4.89. The van der Waals surface area contributed by atoms with Crippen LogP contribution in [0.1, 0.15) is 74.4 Å². The smallest absolute Gasteiger partial charge is 0.0693 e. The van der Waals surface area contributed by atoms with Crippen molar-refractivity contribution in [1.29, 1.82) is 0 Å². The summed E-state index contributed by atoms with van der Waals surface area (Å²) in [6, 6.07) is 13.1. The predicted molar refractivity (Wildman–Crippen MR) is 136 cm³/mol. The summed E-state index contributed by atoms with van der Waals surface area (Å²) in [6.45, 7) is 13.1. The van der Waals surface area contributed by atoms with Crippen LogP contribution in [-0.2, 0) is 0 Å². The van der Waals surface area contributed by atoms with Crippen molar-refractivity contribution in [2.45, 2.75) is 54.4 Å². The van der Waals surface area contributed by atoms with Crippen LogP contribution < -0.4 is 0 Å². The minimum Gasteiger partial charge on any atom is -0.355 e. The molecule has 0 aromatic carbocycles. The number of hydrogen-bond acceptors (Lipinski definition) is 2. The quantitative estimate of drug-likeness (QED) is 0.446. The highest BCUT2D eigenvalue weighted by atomic mass is 14.8. The van der Waals surface area contributed by atoms with Crippen LogP contribution in [0.3, 0.4) is 0 Å². The lowest BCUT2D eigenvalue weighted by Gasteiger charge is -2.00. The fraction of sp³-hybridized carbons (Fsp3) is 0.286. The highest BCUT2D eigenvalue weighted by Crippen LogP contribution is 2.36. The van der Waals surface area contributed by atoms with Gasteiger partial charge in [-0.3, -0.25) is 0 Å². The van der Waals surface area contributed by atoms with Crippen LogP contribution in [0.5, 0.6) is 0 Å². The summed E-state index contributed by atoms with van der Waals surface area (Å²) in [4.78, 5) is 17.2. The Balaban J connectivity index is 1.94. The summed E-state index contributed by atoms with van der Waals surface area (Å²) in [5, 5.41) is 0. The van der Waals surface area contributed by atoms with Crippen LogP contribution >= 0.6 is 0 Å². The number of nitrogens with one attached hydrogen (secondary N) is 2. The number of aryl methyl sites for hydroxylation is 2. The fourth-order valence-corrected chi connectivity index (χ4v) is 4.90. The lowest BCUT2D eigenvalue weighted by Crippen LogP contribution is -1.82. The zero-order chi connectivity index (χ0) is 22.6. The molecule has 8 bridgehead atoms.